The summed E-state index contributed by atoms with van der Waals surface area (Å²) in [5.41, 5.74) is 1.86. The Balaban J connectivity index is 1.45. The van der Waals surface area contributed by atoms with Gasteiger partial charge in [-0.2, -0.15) is 0 Å². The molecule has 26 heavy (non-hydrogen) atoms. The zero-order valence-electron chi connectivity index (χ0n) is 14.5. The van der Waals surface area contributed by atoms with Crippen molar-refractivity contribution >= 4 is 11.6 Å². The number of carbonyl (C=O) groups excluding carboxylic acids is 1. The maximum absolute atomic E-state index is 13.4. The minimum atomic E-state index is -0.318. The number of aromatic nitrogens is 1. The van der Waals surface area contributed by atoms with E-state index in [0.29, 0.717) is 18.7 Å². The van der Waals surface area contributed by atoms with Crippen LogP contribution in [0.15, 0.2) is 42.6 Å². The van der Waals surface area contributed by atoms with Crippen molar-refractivity contribution in [3.05, 3.63) is 59.7 Å². The number of aliphatic hydroxyl groups is 1. The van der Waals surface area contributed by atoms with Gasteiger partial charge in [0.05, 0.1) is 6.10 Å². The van der Waals surface area contributed by atoms with Crippen molar-refractivity contribution in [2.75, 3.05) is 18.0 Å². The topological polar surface area (TPSA) is 65.5 Å². The molecule has 2 aliphatic rings. The molecular weight excluding hydrogens is 333 g/mol. The van der Waals surface area contributed by atoms with Crippen LogP contribution in [0.5, 0.6) is 0 Å². The van der Waals surface area contributed by atoms with Crippen molar-refractivity contribution in [2.24, 2.45) is 0 Å². The van der Waals surface area contributed by atoms with Crippen LogP contribution in [0.3, 0.4) is 0 Å². The minimum Gasteiger partial charge on any atom is -0.391 e. The lowest BCUT2D eigenvalue weighted by molar-refractivity contribution is 0.0926. The molecule has 1 aliphatic carbocycles. The van der Waals surface area contributed by atoms with Crippen molar-refractivity contribution in [1.82, 2.24) is 10.3 Å². The first-order chi connectivity index (χ1) is 12.5. The molecule has 2 aromatic rings. The summed E-state index contributed by atoms with van der Waals surface area (Å²) in [5.74, 6) is -0.465. The molecule has 2 heterocycles. The maximum atomic E-state index is 13.4. The fraction of sp³-hybridized carbons (Fsp3) is 0.400. The summed E-state index contributed by atoms with van der Waals surface area (Å²) >= 11 is 0. The van der Waals surface area contributed by atoms with E-state index in [-0.39, 0.29) is 23.4 Å². The average Bonchev–Trinajstić information content (AvgIpc) is 3.22. The second kappa shape index (κ2) is 6.68. The normalized spacial score (nSPS) is 20.8. The molecule has 4 rings (SSSR count). The molecule has 0 unspecified atom stereocenters. The number of carbonyl (C=O) groups is 1. The lowest BCUT2D eigenvalue weighted by Gasteiger charge is -2.20. The van der Waals surface area contributed by atoms with Gasteiger partial charge in [-0.25, -0.2) is 4.39 Å². The van der Waals surface area contributed by atoms with Gasteiger partial charge in [-0.3, -0.25) is 9.78 Å². The van der Waals surface area contributed by atoms with Crippen molar-refractivity contribution in [3.8, 4) is 0 Å². The van der Waals surface area contributed by atoms with E-state index in [2.05, 4.69) is 15.2 Å². The first kappa shape index (κ1) is 17.0. The molecule has 5 nitrogen and oxygen atoms in total. The van der Waals surface area contributed by atoms with Crippen LogP contribution >= 0.6 is 0 Å². The highest BCUT2D eigenvalue weighted by molar-refractivity contribution is 5.94. The van der Waals surface area contributed by atoms with Crippen LogP contribution in [-0.4, -0.2) is 40.7 Å². The second-order valence-electron chi connectivity index (χ2n) is 7.33. The number of nitrogens with one attached hydrogen (secondary N) is 1. The molecular formula is C20H22FN3O2. The summed E-state index contributed by atoms with van der Waals surface area (Å²) in [4.78, 5) is 18.9. The van der Waals surface area contributed by atoms with E-state index in [4.69, 9.17) is 0 Å². The molecule has 1 aromatic carbocycles. The quantitative estimate of drug-likeness (QED) is 0.864. The van der Waals surface area contributed by atoms with Crippen LogP contribution in [0, 0.1) is 5.82 Å². The standard InChI is InChI=1S/C20H22FN3O2/c21-15-3-1-2-14(10-15)12-20(6-7-20)23-19(26)18-11-16(4-8-22-18)24-9-5-17(25)13-24/h1-4,8,10-11,17,25H,5-7,9,12-13H2,(H,23,26)/t17-/m0/s1. The fourth-order valence-electron chi connectivity index (χ4n) is 3.56. The predicted octanol–water partition coefficient (Wildman–Crippen LogP) is 2.30. The van der Waals surface area contributed by atoms with Gasteiger partial charge in [-0.1, -0.05) is 12.1 Å². The van der Waals surface area contributed by atoms with Gasteiger partial charge >= 0.3 is 0 Å². The Bertz CT molecular complexity index is 822. The number of benzene rings is 1. The Morgan fingerprint density at radius 3 is 2.88 bits per heavy atom. The van der Waals surface area contributed by atoms with E-state index < -0.39 is 0 Å². The summed E-state index contributed by atoms with van der Waals surface area (Å²) < 4.78 is 13.4. The van der Waals surface area contributed by atoms with Gasteiger partial charge in [0.15, 0.2) is 0 Å². The number of β-amino-alcohol motifs (C(OH)–C–C–N with tert-alkyl or cyclic N) is 1. The van der Waals surface area contributed by atoms with E-state index in [1.165, 1.54) is 12.1 Å². The fourth-order valence-corrected chi connectivity index (χ4v) is 3.56. The second-order valence-corrected chi connectivity index (χ2v) is 7.33. The highest BCUT2D eigenvalue weighted by Gasteiger charge is 2.44. The smallest absolute Gasteiger partial charge is 0.270 e. The highest BCUT2D eigenvalue weighted by Crippen LogP contribution is 2.39. The monoisotopic (exact) mass is 355 g/mol. The van der Waals surface area contributed by atoms with Crippen LogP contribution in [0.1, 0.15) is 35.3 Å². The molecule has 0 spiro atoms. The molecule has 0 bridgehead atoms. The number of nitrogens with zero attached hydrogens (tertiary/aromatic N) is 2. The minimum absolute atomic E-state index is 0.208. The van der Waals surface area contributed by atoms with Gasteiger partial charge < -0.3 is 15.3 Å². The third kappa shape index (κ3) is 3.70. The lowest BCUT2D eigenvalue weighted by Crippen LogP contribution is -2.39. The number of rotatable bonds is 5. The first-order valence-electron chi connectivity index (χ1n) is 8.99. The largest absolute Gasteiger partial charge is 0.391 e. The summed E-state index contributed by atoms with van der Waals surface area (Å²) in [6.07, 6.45) is 4.43. The molecule has 0 radical (unpaired) electrons. The van der Waals surface area contributed by atoms with Crippen LogP contribution in [0.2, 0.25) is 0 Å². The zero-order chi connectivity index (χ0) is 18.1. The van der Waals surface area contributed by atoms with Gasteiger partial charge in [-0.15, -0.1) is 0 Å². The van der Waals surface area contributed by atoms with Crippen LogP contribution in [0.25, 0.3) is 0 Å². The summed E-state index contributed by atoms with van der Waals surface area (Å²) in [6.45, 7) is 1.35. The number of hydrogen-bond donors (Lipinski definition) is 2. The number of pyridine rings is 1. The van der Waals surface area contributed by atoms with Crippen molar-refractivity contribution < 1.29 is 14.3 Å². The van der Waals surface area contributed by atoms with Gasteiger partial charge in [0.2, 0.25) is 0 Å². The van der Waals surface area contributed by atoms with Crippen LogP contribution < -0.4 is 10.2 Å². The van der Waals surface area contributed by atoms with Crippen molar-refractivity contribution in [1.29, 1.82) is 0 Å². The Morgan fingerprint density at radius 1 is 1.35 bits per heavy atom. The Kier molecular flexibility index (Phi) is 4.36. The molecule has 136 valence electrons. The van der Waals surface area contributed by atoms with E-state index >= 15 is 0 Å². The van der Waals surface area contributed by atoms with E-state index in [1.807, 2.05) is 12.1 Å². The predicted molar refractivity (Wildman–Crippen MR) is 96.6 cm³/mol. The van der Waals surface area contributed by atoms with Crippen molar-refractivity contribution in [3.63, 3.8) is 0 Å². The van der Waals surface area contributed by atoms with Gasteiger partial charge in [0, 0.05) is 30.5 Å². The maximum Gasteiger partial charge on any atom is 0.270 e. The first-order valence-corrected chi connectivity index (χ1v) is 8.99. The third-order valence-corrected chi connectivity index (χ3v) is 5.17. The number of amides is 1. The van der Waals surface area contributed by atoms with E-state index in [0.717, 1.165) is 37.1 Å². The molecule has 1 aliphatic heterocycles. The molecule has 1 amide bonds. The molecule has 1 atom stereocenters. The molecule has 1 aromatic heterocycles. The average molecular weight is 355 g/mol. The molecule has 2 N–H and O–H groups in total. The summed E-state index contributed by atoms with van der Waals surface area (Å²) in [7, 11) is 0. The SMILES string of the molecule is O=C(NC1(Cc2cccc(F)c2)CC1)c1cc(N2CC[C@H](O)C2)ccn1. The third-order valence-electron chi connectivity index (χ3n) is 5.17. The Hall–Kier alpha value is -2.47. The number of hydrogen-bond acceptors (Lipinski definition) is 4. The summed E-state index contributed by atoms with van der Waals surface area (Å²) in [6, 6.07) is 10.1. The van der Waals surface area contributed by atoms with Gasteiger partial charge in [0.1, 0.15) is 11.5 Å². The molecule has 1 saturated heterocycles. The number of halogens is 1. The van der Waals surface area contributed by atoms with Crippen LogP contribution in [-0.2, 0) is 6.42 Å². The van der Waals surface area contributed by atoms with E-state index in [1.54, 1.807) is 18.3 Å². The number of anilines is 1. The Labute approximate surface area is 151 Å². The van der Waals surface area contributed by atoms with Crippen molar-refractivity contribution in [2.45, 2.75) is 37.3 Å². The molecule has 6 heteroatoms. The summed E-state index contributed by atoms with van der Waals surface area (Å²) in [5, 5.41) is 12.8. The molecule has 1 saturated carbocycles. The lowest BCUT2D eigenvalue weighted by atomic mass is 10.0. The Morgan fingerprint density at radius 2 is 2.19 bits per heavy atom. The molecule has 2 fully saturated rings. The van der Waals surface area contributed by atoms with E-state index in [9.17, 15) is 14.3 Å². The highest BCUT2D eigenvalue weighted by atomic mass is 19.1. The zero-order valence-corrected chi connectivity index (χ0v) is 14.5. The van der Waals surface area contributed by atoms with Gasteiger partial charge in [-0.05, 0) is 55.5 Å². The van der Waals surface area contributed by atoms with Gasteiger partial charge in [0.25, 0.3) is 5.91 Å². The van der Waals surface area contributed by atoms with Crippen LogP contribution in [0.4, 0.5) is 10.1 Å². The number of aliphatic hydroxyl groups excluding tert-OH is 1.